The number of nitrogens with one attached hydrogen (secondary N) is 1. The van der Waals surface area contributed by atoms with Crippen LogP contribution in [0.25, 0.3) is 0 Å². The first-order valence-corrected chi connectivity index (χ1v) is 6.80. The Labute approximate surface area is 116 Å². The number of aryl methyl sites for hydroxylation is 1. The first-order chi connectivity index (χ1) is 8.68. The van der Waals surface area contributed by atoms with Crippen molar-refractivity contribution < 1.29 is 9.50 Å². The van der Waals surface area contributed by atoms with Crippen molar-refractivity contribution in [1.82, 2.24) is 5.32 Å². The van der Waals surface area contributed by atoms with E-state index in [0.29, 0.717) is 12.0 Å². The van der Waals surface area contributed by atoms with E-state index >= 15 is 0 Å². The van der Waals surface area contributed by atoms with Crippen LogP contribution in [0.5, 0.6) is 0 Å². The predicted molar refractivity (Wildman–Crippen MR) is 77.9 cm³/mol. The highest BCUT2D eigenvalue weighted by Crippen LogP contribution is 2.25. The van der Waals surface area contributed by atoms with Gasteiger partial charge in [0.1, 0.15) is 5.82 Å². The molecule has 1 aromatic rings. The standard InChI is InChI=1S/C16H26FNO/c1-12-10-13(6-7-14(12)17)15(2,3)11-18-16(4,5)8-9-19/h6-7,10,18-19H,8-9,11H2,1-5H3. The zero-order chi connectivity index (χ0) is 14.7. The lowest BCUT2D eigenvalue weighted by atomic mass is 9.83. The van der Waals surface area contributed by atoms with Crippen LogP contribution in [-0.2, 0) is 5.41 Å². The largest absolute Gasteiger partial charge is 0.396 e. The molecule has 0 aliphatic rings. The third-order valence-electron chi connectivity index (χ3n) is 3.69. The second kappa shape index (κ2) is 6.02. The maximum Gasteiger partial charge on any atom is 0.126 e. The number of rotatable bonds is 6. The highest BCUT2D eigenvalue weighted by molar-refractivity contribution is 5.30. The molecule has 0 saturated carbocycles. The minimum Gasteiger partial charge on any atom is -0.396 e. The molecule has 0 radical (unpaired) electrons. The van der Waals surface area contributed by atoms with Gasteiger partial charge in [-0.2, -0.15) is 0 Å². The van der Waals surface area contributed by atoms with Gasteiger partial charge >= 0.3 is 0 Å². The lowest BCUT2D eigenvalue weighted by Gasteiger charge is -2.33. The molecule has 1 rings (SSSR count). The smallest absolute Gasteiger partial charge is 0.126 e. The molecule has 0 bridgehead atoms. The molecule has 0 aromatic heterocycles. The van der Waals surface area contributed by atoms with Crippen molar-refractivity contribution in [2.24, 2.45) is 0 Å². The first-order valence-electron chi connectivity index (χ1n) is 6.80. The Morgan fingerprint density at radius 3 is 2.37 bits per heavy atom. The molecule has 0 spiro atoms. The summed E-state index contributed by atoms with van der Waals surface area (Å²) in [6.45, 7) is 11.2. The van der Waals surface area contributed by atoms with Gasteiger partial charge in [0, 0.05) is 24.1 Å². The van der Waals surface area contributed by atoms with Crippen LogP contribution in [0.2, 0.25) is 0 Å². The van der Waals surface area contributed by atoms with Gasteiger partial charge in [-0.05, 0) is 44.4 Å². The summed E-state index contributed by atoms with van der Waals surface area (Å²) >= 11 is 0. The van der Waals surface area contributed by atoms with Gasteiger partial charge < -0.3 is 10.4 Å². The van der Waals surface area contributed by atoms with E-state index in [0.717, 1.165) is 12.1 Å². The van der Waals surface area contributed by atoms with E-state index in [1.54, 1.807) is 6.92 Å². The number of hydrogen-bond acceptors (Lipinski definition) is 2. The summed E-state index contributed by atoms with van der Waals surface area (Å²) in [6.07, 6.45) is 0.714. The van der Waals surface area contributed by atoms with Crippen molar-refractivity contribution in [3.05, 3.63) is 35.1 Å². The van der Waals surface area contributed by atoms with Crippen LogP contribution in [0.15, 0.2) is 18.2 Å². The molecule has 19 heavy (non-hydrogen) atoms. The molecule has 2 nitrogen and oxygen atoms in total. The fourth-order valence-corrected chi connectivity index (χ4v) is 2.00. The summed E-state index contributed by atoms with van der Waals surface area (Å²) in [7, 11) is 0. The van der Waals surface area contributed by atoms with E-state index in [-0.39, 0.29) is 23.4 Å². The Bertz CT molecular complexity index is 427. The molecule has 0 heterocycles. The van der Waals surface area contributed by atoms with Gasteiger partial charge in [0.2, 0.25) is 0 Å². The molecular weight excluding hydrogens is 241 g/mol. The van der Waals surface area contributed by atoms with Crippen LogP contribution in [0.4, 0.5) is 4.39 Å². The van der Waals surface area contributed by atoms with Crippen molar-refractivity contribution in [1.29, 1.82) is 0 Å². The van der Waals surface area contributed by atoms with Gasteiger partial charge in [-0.15, -0.1) is 0 Å². The lowest BCUT2D eigenvalue weighted by molar-refractivity contribution is 0.223. The Hall–Kier alpha value is -0.930. The van der Waals surface area contributed by atoms with Crippen LogP contribution in [0.1, 0.15) is 45.2 Å². The van der Waals surface area contributed by atoms with Crippen LogP contribution in [-0.4, -0.2) is 23.8 Å². The monoisotopic (exact) mass is 267 g/mol. The first kappa shape index (κ1) is 16.1. The van der Waals surface area contributed by atoms with E-state index in [1.807, 2.05) is 12.1 Å². The average Bonchev–Trinajstić information content (AvgIpc) is 2.30. The summed E-state index contributed by atoms with van der Waals surface area (Å²) < 4.78 is 13.3. The molecular formula is C16H26FNO. The van der Waals surface area contributed by atoms with E-state index in [4.69, 9.17) is 5.11 Å². The number of aliphatic hydroxyl groups excluding tert-OH is 1. The number of benzene rings is 1. The molecule has 0 fully saturated rings. The molecule has 1 aromatic carbocycles. The SMILES string of the molecule is Cc1cc(C(C)(C)CNC(C)(C)CCO)ccc1F. The van der Waals surface area contributed by atoms with Crippen molar-refractivity contribution in [2.45, 2.75) is 52.0 Å². The summed E-state index contributed by atoms with van der Waals surface area (Å²) in [5.41, 5.74) is 1.63. The normalized spacial score (nSPS) is 12.8. The quantitative estimate of drug-likeness (QED) is 0.830. The second-order valence-corrected chi connectivity index (χ2v) is 6.56. The van der Waals surface area contributed by atoms with Gasteiger partial charge in [0.25, 0.3) is 0 Å². The number of halogens is 1. The summed E-state index contributed by atoms with van der Waals surface area (Å²) in [5.74, 6) is -0.159. The van der Waals surface area contributed by atoms with Crippen LogP contribution < -0.4 is 5.32 Å². The fourth-order valence-electron chi connectivity index (χ4n) is 2.00. The molecule has 108 valence electrons. The van der Waals surface area contributed by atoms with Crippen LogP contribution >= 0.6 is 0 Å². The fraction of sp³-hybridized carbons (Fsp3) is 0.625. The van der Waals surface area contributed by atoms with Gasteiger partial charge in [0.05, 0.1) is 0 Å². The molecule has 0 atom stereocenters. The Kier molecular flexibility index (Phi) is 5.11. The zero-order valence-corrected chi connectivity index (χ0v) is 12.7. The molecule has 0 unspecified atom stereocenters. The van der Waals surface area contributed by atoms with Gasteiger partial charge in [-0.3, -0.25) is 0 Å². The zero-order valence-electron chi connectivity index (χ0n) is 12.7. The highest BCUT2D eigenvalue weighted by Gasteiger charge is 2.25. The Morgan fingerprint density at radius 2 is 1.84 bits per heavy atom. The number of hydrogen-bond donors (Lipinski definition) is 2. The molecule has 0 amide bonds. The molecule has 3 heteroatoms. The second-order valence-electron chi connectivity index (χ2n) is 6.56. The number of aliphatic hydroxyl groups is 1. The van der Waals surface area contributed by atoms with E-state index in [1.165, 1.54) is 6.07 Å². The van der Waals surface area contributed by atoms with E-state index in [9.17, 15) is 4.39 Å². The summed E-state index contributed by atoms with van der Waals surface area (Å²) in [4.78, 5) is 0. The maximum atomic E-state index is 13.3. The van der Waals surface area contributed by atoms with Gasteiger partial charge in [-0.1, -0.05) is 26.0 Å². The minimum atomic E-state index is -0.159. The van der Waals surface area contributed by atoms with Crippen molar-refractivity contribution >= 4 is 0 Å². The summed E-state index contributed by atoms with van der Waals surface area (Å²) in [5, 5.41) is 12.5. The molecule has 0 aliphatic carbocycles. The van der Waals surface area contributed by atoms with E-state index < -0.39 is 0 Å². The van der Waals surface area contributed by atoms with Crippen molar-refractivity contribution in [3.63, 3.8) is 0 Å². The third kappa shape index (κ3) is 4.59. The Balaban J connectivity index is 2.77. The van der Waals surface area contributed by atoms with Crippen molar-refractivity contribution in [3.8, 4) is 0 Å². The average molecular weight is 267 g/mol. The van der Waals surface area contributed by atoms with Crippen LogP contribution in [0.3, 0.4) is 0 Å². The summed E-state index contributed by atoms with van der Waals surface area (Å²) in [6, 6.07) is 5.30. The topological polar surface area (TPSA) is 32.3 Å². The third-order valence-corrected chi connectivity index (χ3v) is 3.69. The maximum absolute atomic E-state index is 13.3. The van der Waals surface area contributed by atoms with Crippen LogP contribution in [0, 0.1) is 12.7 Å². The predicted octanol–water partition coefficient (Wildman–Crippen LogP) is 3.16. The van der Waals surface area contributed by atoms with Gasteiger partial charge in [-0.25, -0.2) is 4.39 Å². The van der Waals surface area contributed by atoms with E-state index in [2.05, 4.69) is 33.0 Å². The lowest BCUT2D eigenvalue weighted by Crippen LogP contribution is -2.46. The Morgan fingerprint density at radius 1 is 1.21 bits per heavy atom. The molecule has 2 N–H and O–H groups in total. The van der Waals surface area contributed by atoms with Gasteiger partial charge in [0.15, 0.2) is 0 Å². The van der Waals surface area contributed by atoms with Crippen molar-refractivity contribution in [2.75, 3.05) is 13.2 Å². The minimum absolute atomic E-state index is 0.0782. The molecule has 0 aliphatic heterocycles. The molecule has 0 saturated heterocycles. The highest BCUT2D eigenvalue weighted by atomic mass is 19.1.